The van der Waals surface area contributed by atoms with E-state index >= 15 is 0 Å². The lowest BCUT2D eigenvalue weighted by Gasteiger charge is -2.30. The third kappa shape index (κ3) is 7.66. The van der Waals surface area contributed by atoms with Gasteiger partial charge in [-0.2, -0.15) is 0 Å². The van der Waals surface area contributed by atoms with Crippen molar-refractivity contribution in [1.82, 2.24) is 14.9 Å². The van der Waals surface area contributed by atoms with Crippen LogP contribution in [0.25, 0.3) is 22.2 Å². The van der Waals surface area contributed by atoms with Gasteiger partial charge in [0.2, 0.25) is 5.91 Å². The van der Waals surface area contributed by atoms with Gasteiger partial charge in [0.25, 0.3) is 0 Å². The predicted octanol–water partition coefficient (Wildman–Crippen LogP) is 5.12. The average Bonchev–Trinajstić information content (AvgIpc) is 3.40. The molecule has 0 bridgehead atoms. The summed E-state index contributed by atoms with van der Waals surface area (Å²) < 4.78 is 48.3. The summed E-state index contributed by atoms with van der Waals surface area (Å²) in [5.41, 5.74) is 2.73. The summed E-state index contributed by atoms with van der Waals surface area (Å²) in [6.07, 6.45) is 2.37. The summed E-state index contributed by atoms with van der Waals surface area (Å²) in [4.78, 5) is 9.82. The molecule has 2 aromatic heterocycles. The van der Waals surface area contributed by atoms with Gasteiger partial charge >= 0.3 is 0 Å². The standard InChI is InChI=1S/C30H28ClFN4O6S/c1-36(30(37,38)17-43(2,39)40)15-23-8-11-27(42-23)20-6-9-26-24(13-20)29(34-18-33-26)35-22-7-10-28(25(31)14-22)41-16-19-4-3-5-21(32)12-19/h3-14,18,37-38H,15-17H2,1-2H3,(H,33,34,35). The van der Waals surface area contributed by atoms with Gasteiger partial charge in [0.05, 0.1) is 17.1 Å². The third-order valence-electron chi connectivity index (χ3n) is 6.52. The van der Waals surface area contributed by atoms with Crippen LogP contribution in [0.5, 0.6) is 5.75 Å². The first kappa shape index (κ1) is 30.4. The van der Waals surface area contributed by atoms with Gasteiger partial charge in [0.1, 0.15) is 47.6 Å². The van der Waals surface area contributed by atoms with Crippen molar-refractivity contribution in [3.63, 3.8) is 0 Å². The van der Waals surface area contributed by atoms with Crippen molar-refractivity contribution in [2.75, 3.05) is 24.4 Å². The lowest BCUT2D eigenvalue weighted by molar-refractivity contribution is -0.243. The van der Waals surface area contributed by atoms with Crippen LogP contribution in [0.15, 0.2) is 83.5 Å². The van der Waals surface area contributed by atoms with Crippen LogP contribution in [0.4, 0.5) is 15.9 Å². The molecule has 0 unspecified atom stereocenters. The van der Waals surface area contributed by atoms with Crippen molar-refractivity contribution in [2.24, 2.45) is 0 Å². The number of hydrogen-bond acceptors (Lipinski definition) is 10. The molecule has 2 heterocycles. The molecule has 43 heavy (non-hydrogen) atoms. The van der Waals surface area contributed by atoms with Crippen LogP contribution >= 0.6 is 11.6 Å². The van der Waals surface area contributed by atoms with Crippen LogP contribution in [0.2, 0.25) is 5.02 Å². The lowest BCUT2D eigenvalue weighted by atomic mass is 10.1. The molecule has 0 aliphatic rings. The Balaban J connectivity index is 1.32. The number of hydrogen-bond donors (Lipinski definition) is 3. The van der Waals surface area contributed by atoms with E-state index in [1.165, 1.54) is 25.5 Å². The van der Waals surface area contributed by atoms with Crippen molar-refractivity contribution >= 4 is 43.8 Å². The highest BCUT2D eigenvalue weighted by Crippen LogP contribution is 2.33. The van der Waals surface area contributed by atoms with E-state index in [4.69, 9.17) is 20.8 Å². The molecule has 0 atom stereocenters. The van der Waals surface area contributed by atoms with E-state index in [0.29, 0.717) is 55.8 Å². The summed E-state index contributed by atoms with van der Waals surface area (Å²) in [5.74, 6) is -1.87. The van der Waals surface area contributed by atoms with E-state index < -0.39 is 21.5 Å². The molecule has 13 heteroatoms. The Kier molecular flexibility index (Phi) is 8.67. The second-order valence-corrected chi connectivity index (χ2v) is 12.7. The number of anilines is 2. The minimum atomic E-state index is -3.64. The summed E-state index contributed by atoms with van der Waals surface area (Å²) in [5, 5.41) is 24.7. The highest BCUT2D eigenvalue weighted by atomic mass is 35.5. The quantitative estimate of drug-likeness (QED) is 0.169. The molecule has 0 aliphatic heterocycles. The number of benzene rings is 3. The predicted molar refractivity (Wildman–Crippen MR) is 161 cm³/mol. The van der Waals surface area contributed by atoms with E-state index in [-0.39, 0.29) is 19.0 Å². The van der Waals surface area contributed by atoms with Crippen LogP contribution in [0, 0.1) is 5.82 Å². The van der Waals surface area contributed by atoms with Gasteiger partial charge in [0.15, 0.2) is 9.84 Å². The van der Waals surface area contributed by atoms with E-state index in [0.717, 1.165) is 11.2 Å². The number of furan rings is 1. The molecule has 5 rings (SSSR count). The fraction of sp³-hybridized carbons (Fsp3) is 0.200. The smallest absolute Gasteiger partial charge is 0.239 e. The Morgan fingerprint density at radius 2 is 1.88 bits per heavy atom. The fourth-order valence-corrected chi connectivity index (χ4v) is 5.53. The first-order chi connectivity index (χ1) is 20.4. The maximum absolute atomic E-state index is 13.5. The minimum absolute atomic E-state index is 0.0469. The Labute approximate surface area is 252 Å². The van der Waals surface area contributed by atoms with Gasteiger partial charge in [-0.3, -0.25) is 0 Å². The summed E-state index contributed by atoms with van der Waals surface area (Å²) in [7, 11) is -2.26. The Morgan fingerprint density at radius 1 is 1.07 bits per heavy atom. The van der Waals surface area contributed by atoms with Crippen molar-refractivity contribution in [3.8, 4) is 17.1 Å². The first-order valence-corrected chi connectivity index (χ1v) is 15.4. The molecule has 0 aliphatic carbocycles. The molecular weight excluding hydrogens is 599 g/mol. The Bertz CT molecular complexity index is 1880. The maximum atomic E-state index is 13.5. The molecule has 0 saturated carbocycles. The molecule has 0 saturated heterocycles. The Hall–Kier alpha value is -4.07. The van der Waals surface area contributed by atoms with Crippen molar-refractivity contribution in [2.45, 2.75) is 19.1 Å². The number of rotatable bonds is 11. The van der Waals surface area contributed by atoms with Gasteiger partial charge in [-0.25, -0.2) is 27.7 Å². The van der Waals surface area contributed by atoms with Gasteiger partial charge in [-0.15, -0.1) is 0 Å². The van der Waals surface area contributed by atoms with E-state index in [1.54, 1.807) is 42.5 Å². The SMILES string of the molecule is CN(Cc1ccc(-c2ccc3ncnc(Nc4ccc(OCc5cccc(F)c5)c(Cl)c4)c3c2)o1)C(O)(O)CS(C)(=O)=O. The number of nitrogens with zero attached hydrogens (tertiary/aromatic N) is 3. The monoisotopic (exact) mass is 626 g/mol. The van der Waals surface area contributed by atoms with E-state index in [9.17, 15) is 23.0 Å². The number of sulfone groups is 1. The molecule has 3 N–H and O–H groups in total. The lowest BCUT2D eigenvalue weighted by Crippen LogP contribution is -2.50. The van der Waals surface area contributed by atoms with E-state index in [2.05, 4.69) is 15.3 Å². The molecule has 0 amide bonds. The minimum Gasteiger partial charge on any atom is -0.487 e. The highest BCUT2D eigenvalue weighted by Gasteiger charge is 2.34. The Morgan fingerprint density at radius 3 is 2.63 bits per heavy atom. The number of fused-ring (bicyclic) bond motifs is 1. The summed E-state index contributed by atoms with van der Waals surface area (Å²) >= 11 is 6.47. The van der Waals surface area contributed by atoms with Gasteiger partial charge in [-0.1, -0.05) is 23.7 Å². The number of nitrogens with one attached hydrogen (secondary N) is 1. The van der Waals surface area contributed by atoms with Crippen molar-refractivity contribution in [3.05, 3.63) is 101 Å². The maximum Gasteiger partial charge on any atom is 0.239 e. The van der Waals surface area contributed by atoms with E-state index in [1.807, 2.05) is 18.2 Å². The zero-order chi connectivity index (χ0) is 30.8. The number of aliphatic hydroxyl groups is 2. The van der Waals surface area contributed by atoms with Gasteiger partial charge < -0.3 is 24.7 Å². The zero-order valence-corrected chi connectivity index (χ0v) is 24.7. The summed E-state index contributed by atoms with van der Waals surface area (Å²) in [6.45, 7) is 0.116. The first-order valence-electron chi connectivity index (χ1n) is 13.0. The molecule has 10 nitrogen and oxygen atoms in total. The second-order valence-electron chi connectivity index (χ2n) is 10.1. The molecule has 3 aromatic carbocycles. The fourth-order valence-electron chi connectivity index (χ4n) is 4.37. The third-order valence-corrected chi connectivity index (χ3v) is 7.73. The molecule has 5 aromatic rings. The highest BCUT2D eigenvalue weighted by molar-refractivity contribution is 7.90. The van der Waals surface area contributed by atoms with Crippen LogP contribution < -0.4 is 10.1 Å². The number of ether oxygens (including phenoxy) is 1. The van der Waals surface area contributed by atoms with Crippen molar-refractivity contribution in [1.29, 1.82) is 0 Å². The molecular formula is C30H28ClFN4O6S. The zero-order valence-electron chi connectivity index (χ0n) is 23.2. The van der Waals surface area contributed by atoms with Gasteiger partial charge in [0, 0.05) is 22.9 Å². The van der Waals surface area contributed by atoms with Crippen LogP contribution in [-0.2, 0) is 23.0 Å². The molecule has 224 valence electrons. The number of aromatic nitrogens is 2. The molecule has 0 spiro atoms. The van der Waals surface area contributed by atoms with Crippen LogP contribution in [0.3, 0.4) is 0 Å². The topological polar surface area (TPSA) is 138 Å². The largest absolute Gasteiger partial charge is 0.487 e. The average molecular weight is 627 g/mol. The second kappa shape index (κ2) is 12.3. The van der Waals surface area contributed by atoms with Gasteiger partial charge in [-0.05, 0) is 73.3 Å². The van der Waals surface area contributed by atoms with Crippen molar-refractivity contribution < 1.29 is 32.2 Å². The van der Waals surface area contributed by atoms with Crippen LogP contribution in [0.1, 0.15) is 11.3 Å². The summed E-state index contributed by atoms with van der Waals surface area (Å²) in [6, 6.07) is 20.3. The molecule has 0 radical (unpaired) electrons. The molecule has 0 fully saturated rings. The number of halogens is 2. The normalized spacial score (nSPS) is 12.2. The van der Waals surface area contributed by atoms with Crippen LogP contribution in [-0.4, -0.2) is 58.5 Å².